The average Bonchev–Trinajstić information content (AvgIpc) is 2.23. The minimum atomic E-state index is -0.107. The van der Waals surface area contributed by atoms with E-state index >= 15 is 0 Å². The van der Waals surface area contributed by atoms with Gasteiger partial charge in [-0.05, 0) is 46.8 Å². The zero-order chi connectivity index (χ0) is 11.0. The van der Waals surface area contributed by atoms with Crippen molar-refractivity contribution in [1.82, 2.24) is 9.80 Å². The molecule has 1 rings (SSSR count). The van der Waals surface area contributed by atoms with Crippen LogP contribution in [0.2, 0.25) is 0 Å². The summed E-state index contributed by atoms with van der Waals surface area (Å²) in [6.45, 7) is 10.00. The van der Waals surface area contributed by atoms with E-state index in [-0.39, 0.29) is 24.0 Å². The topological polar surface area (TPSA) is 23.6 Å². The van der Waals surface area contributed by atoms with Gasteiger partial charge in [0, 0.05) is 12.1 Å². The summed E-state index contributed by atoms with van der Waals surface area (Å²) < 4.78 is 0. The van der Waals surface area contributed by atoms with Gasteiger partial charge in [0.05, 0.1) is 0 Å². The van der Waals surface area contributed by atoms with Gasteiger partial charge in [-0.3, -0.25) is 9.69 Å². The minimum Gasteiger partial charge on any atom is -0.335 e. The van der Waals surface area contributed by atoms with Crippen LogP contribution in [0.3, 0.4) is 0 Å². The zero-order valence-corrected chi connectivity index (χ0v) is 10.3. The molecule has 0 aromatic rings. The Morgan fingerprint density at radius 3 is 1.93 bits per heavy atom. The Morgan fingerprint density at radius 2 is 1.71 bits per heavy atom. The lowest BCUT2D eigenvalue weighted by molar-refractivity contribution is -0.128. The highest BCUT2D eigenvalue weighted by Crippen LogP contribution is 2.22. The first-order valence-electron chi connectivity index (χ1n) is 5.03. The molecule has 1 heterocycles. The van der Waals surface area contributed by atoms with E-state index in [4.69, 9.17) is 12.2 Å². The number of hydrogen-bond donors (Lipinski definition) is 0. The number of rotatable bonds is 2. The molecule has 1 aliphatic heterocycles. The maximum Gasteiger partial charge on any atom is 0.251 e. The molecular formula is C10H18N2OS. The second kappa shape index (κ2) is 3.85. The summed E-state index contributed by atoms with van der Waals surface area (Å²) in [6, 6.07) is 0.330. The molecule has 0 bridgehead atoms. The smallest absolute Gasteiger partial charge is 0.251 e. The predicted octanol–water partition coefficient (Wildman–Crippen LogP) is 1.62. The maximum atomic E-state index is 11.9. The van der Waals surface area contributed by atoms with Crippen molar-refractivity contribution in [2.24, 2.45) is 0 Å². The van der Waals surface area contributed by atoms with Crippen molar-refractivity contribution >= 4 is 23.2 Å². The van der Waals surface area contributed by atoms with Crippen molar-refractivity contribution in [3.05, 3.63) is 0 Å². The third-order valence-corrected chi connectivity index (χ3v) is 2.92. The standard InChI is InChI=1S/C10H18N2OS/c1-6(2)11-8(5)9(13)12(7(3)4)10(11)14/h6-8H,1-5H3. The Bertz CT molecular complexity index is 263. The molecule has 1 aliphatic rings. The van der Waals surface area contributed by atoms with E-state index < -0.39 is 0 Å². The molecule has 0 radical (unpaired) electrons. The molecule has 0 saturated carbocycles. The first-order valence-corrected chi connectivity index (χ1v) is 5.44. The fraction of sp³-hybridized carbons (Fsp3) is 0.800. The quantitative estimate of drug-likeness (QED) is 0.653. The van der Waals surface area contributed by atoms with Crippen molar-refractivity contribution in [1.29, 1.82) is 0 Å². The summed E-state index contributed by atoms with van der Waals surface area (Å²) in [7, 11) is 0. The van der Waals surface area contributed by atoms with E-state index in [9.17, 15) is 4.79 Å². The molecule has 3 nitrogen and oxygen atoms in total. The van der Waals surface area contributed by atoms with Crippen molar-refractivity contribution in [3.63, 3.8) is 0 Å². The molecule has 1 fully saturated rings. The maximum absolute atomic E-state index is 11.9. The second-order valence-corrected chi connectivity index (χ2v) is 4.63. The largest absolute Gasteiger partial charge is 0.335 e. The number of carbonyl (C=O) groups excluding carboxylic acids is 1. The highest BCUT2D eigenvalue weighted by Gasteiger charge is 2.41. The van der Waals surface area contributed by atoms with Crippen LogP contribution >= 0.6 is 12.2 Å². The van der Waals surface area contributed by atoms with E-state index in [1.807, 2.05) is 25.7 Å². The molecule has 0 aromatic carbocycles. The van der Waals surface area contributed by atoms with Gasteiger partial charge < -0.3 is 4.90 Å². The van der Waals surface area contributed by atoms with E-state index in [2.05, 4.69) is 13.8 Å². The summed E-state index contributed by atoms with van der Waals surface area (Å²) in [4.78, 5) is 15.6. The minimum absolute atomic E-state index is 0.107. The fourth-order valence-corrected chi connectivity index (χ4v) is 2.52. The predicted molar refractivity (Wildman–Crippen MR) is 61.0 cm³/mol. The van der Waals surface area contributed by atoms with E-state index in [1.165, 1.54) is 0 Å². The molecule has 1 saturated heterocycles. The number of carbonyl (C=O) groups is 1. The van der Waals surface area contributed by atoms with Crippen molar-refractivity contribution in [2.45, 2.75) is 52.7 Å². The Morgan fingerprint density at radius 1 is 1.21 bits per heavy atom. The Balaban J connectivity index is 2.97. The van der Waals surface area contributed by atoms with Gasteiger partial charge in [-0.25, -0.2) is 0 Å². The average molecular weight is 214 g/mol. The Hall–Kier alpha value is -0.640. The Kier molecular flexibility index (Phi) is 3.14. The zero-order valence-electron chi connectivity index (χ0n) is 9.44. The summed E-state index contributed by atoms with van der Waals surface area (Å²) in [5.41, 5.74) is 0. The van der Waals surface area contributed by atoms with Gasteiger partial charge in [-0.1, -0.05) is 0 Å². The van der Waals surface area contributed by atoms with E-state index in [0.29, 0.717) is 5.11 Å². The third-order valence-electron chi connectivity index (χ3n) is 2.51. The number of thiocarbonyl (C=S) groups is 1. The first kappa shape index (κ1) is 11.4. The second-order valence-electron chi connectivity index (χ2n) is 4.26. The molecule has 80 valence electrons. The van der Waals surface area contributed by atoms with Crippen molar-refractivity contribution in [2.75, 3.05) is 0 Å². The van der Waals surface area contributed by atoms with Crippen LogP contribution in [0.25, 0.3) is 0 Å². The Labute approximate surface area is 91.1 Å². The van der Waals surface area contributed by atoms with Crippen LogP contribution in [0.1, 0.15) is 34.6 Å². The summed E-state index contributed by atoms with van der Waals surface area (Å²) in [5.74, 6) is 0.124. The number of amides is 1. The highest BCUT2D eigenvalue weighted by atomic mass is 32.1. The van der Waals surface area contributed by atoms with E-state index in [1.54, 1.807) is 4.90 Å². The van der Waals surface area contributed by atoms with Gasteiger partial charge in [0.15, 0.2) is 5.11 Å². The highest BCUT2D eigenvalue weighted by molar-refractivity contribution is 7.80. The third kappa shape index (κ3) is 1.63. The monoisotopic (exact) mass is 214 g/mol. The van der Waals surface area contributed by atoms with Crippen LogP contribution in [-0.4, -0.2) is 38.9 Å². The molecule has 1 unspecified atom stereocenters. The van der Waals surface area contributed by atoms with Gasteiger partial charge in [0.25, 0.3) is 5.91 Å². The van der Waals surface area contributed by atoms with Crippen LogP contribution < -0.4 is 0 Å². The van der Waals surface area contributed by atoms with Crippen molar-refractivity contribution in [3.8, 4) is 0 Å². The lowest BCUT2D eigenvalue weighted by atomic mass is 10.2. The van der Waals surface area contributed by atoms with Gasteiger partial charge in [0.1, 0.15) is 6.04 Å². The molecular weight excluding hydrogens is 196 g/mol. The number of nitrogens with zero attached hydrogens (tertiary/aromatic N) is 2. The van der Waals surface area contributed by atoms with Crippen LogP contribution in [0.4, 0.5) is 0 Å². The number of hydrogen-bond acceptors (Lipinski definition) is 2. The molecule has 1 amide bonds. The molecule has 0 spiro atoms. The van der Waals surface area contributed by atoms with E-state index in [0.717, 1.165) is 0 Å². The SMILES string of the molecule is CC(C)N1C(=O)C(C)N(C(C)C)C1=S. The lowest BCUT2D eigenvalue weighted by Gasteiger charge is -2.27. The fourth-order valence-electron chi connectivity index (χ4n) is 1.85. The molecule has 0 aliphatic carbocycles. The van der Waals surface area contributed by atoms with Crippen LogP contribution in [0.15, 0.2) is 0 Å². The van der Waals surface area contributed by atoms with Gasteiger partial charge in [-0.15, -0.1) is 0 Å². The molecule has 0 N–H and O–H groups in total. The molecule has 14 heavy (non-hydrogen) atoms. The normalized spacial score (nSPS) is 23.2. The summed E-state index contributed by atoms with van der Waals surface area (Å²) in [6.07, 6.45) is 0. The molecule has 0 aromatic heterocycles. The van der Waals surface area contributed by atoms with Crippen molar-refractivity contribution < 1.29 is 4.79 Å². The van der Waals surface area contributed by atoms with Crippen LogP contribution in [0.5, 0.6) is 0 Å². The molecule has 1 atom stereocenters. The van der Waals surface area contributed by atoms with Gasteiger partial charge in [-0.2, -0.15) is 0 Å². The van der Waals surface area contributed by atoms with Crippen LogP contribution in [0, 0.1) is 0 Å². The summed E-state index contributed by atoms with van der Waals surface area (Å²) >= 11 is 5.30. The van der Waals surface area contributed by atoms with Gasteiger partial charge >= 0.3 is 0 Å². The van der Waals surface area contributed by atoms with Crippen LogP contribution in [-0.2, 0) is 4.79 Å². The lowest BCUT2D eigenvalue weighted by Crippen LogP contribution is -2.40. The summed E-state index contributed by atoms with van der Waals surface area (Å²) in [5, 5.41) is 0.674. The molecule has 4 heteroatoms. The first-order chi connectivity index (χ1) is 6.37. The van der Waals surface area contributed by atoms with Gasteiger partial charge in [0.2, 0.25) is 0 Å².